The normalized spacial score (nSPS) is 10.8. The first-order valence-corrected chi connectivity index (χ1v) is 8.67. The number of anilines is 2. The molecule has 0 aliphatic rings. The number of H-pyrrole nitrogens is 1. The Morgan fingerprint density at radius 1 is 1.29 bits per heavy atom. The Morgan fingerprint density at radius 2 is 2.21 bits per heavy atom. The Bertz CT molecular complexity index is 739. The first-order chi connectivity index (χ1) is 11.8. The van der Waals surface area contributed by atoms with E-state index in [1.165, 1.54) is 0 Å². The Balaban J connectivity index is 1.61. The van der Waals surface area contributed by atoms with Crippen LogP contribution in [0.3, 0.4) is 0 Å². The first kappa shape index (κ1) is 16.5. The van der Waals surface area contributed by atoms with Gasteiger partial charge in [0.25, 0.3) is 0 Å². The Kier molecular flexibility index (Phi) is 5.45. The number of likely N-dealkylation sites (N-methyl/N-ethyl adjacent to an activating group) is 1. The van der Waals surface area contributed by atoms with Crippen molar-refractivity contribution in [3.63, 3.8) is 0 Å². The van der Waals surface area contributed by atoms with Crippen LogP contribution in [-0.2, 0) is 11.3 Å². The van der Waals surface area contributed by atoms with Crippen LogP contribution in [0.4, 0.5) is 11.5 Å². The standard InChI is InChI=1S/C17H21N5OS/c1-22(6-7-23-2)15-3-4-16(19-11-15)18-9-14-10-20-21-17(14)13-5-8-24-12-13/h3-5,8,10-12H,6-7,9H2,1-2H3,(H,18,19)(H,20,21). The number of pyridine rings is 1. The highest BCUT2D eigenvalue weighted by Gasteiger charge is 2.08. The Hall–Kier alpha value is -2.38. The van der Waals surface area contributed by atoms with Gasteiger partial charge in [0.05, 0.1) is 30.4 Å². The predicted molar refractivity (Wildman–Crippen MR) is 98.6 cm³/mol. The molecule has 3 rings (SSSR count). The third kappa shape index (κ3) is 3.93. The van der Waals surface area contributed by atoms with Crippen molar-refractivity contribution in [2.24, 2.45) is 0 Å². The number of hydrogen-bond acceptors (Lipinski definition) is 6. The van der Waals surface area contributed by atoms with E-state index in [0.717, 1.165) is 34.9 Å². The van der Waals surface area contributed by atoms with Crippen molar-refractivity contribution in [2.75, 3.05) is 37.5 Å². The zero-order valence-electron chi connectivity index (χ0n) is 13.8. The van der Waals surface area contributed by atoms with E-state index in [1.54, 1.807) is 18.4 Å². The van der Waals surface area contributed by atoms with Gasteiger partial charge in [0.15, 0.2) is 0 Å². The lowest BCUT2D eigenvalue weighted by molar-refractivity contribution is 0.206. The molecular formula is C17H21N5OS. The molecular weight excluding hydrogens is 322 g/mol. The number of hydrogen-bond donors (Lipinski definition) is 2. The number of methoxy groups -OCH3 is 1. The summed E-state index contributed by atoms with van der Waals surface area (Å²) in [6.07, 6.45) is 3.72. The number of thiophene rings is 1. The smallest absolute Gasteiger partial charge is 0.126 e. The fourth-order valence-electron chi connectivity index (χ4n) is 2.36. The van der Waals surface area contributed by atoms with Crippen LogP contribution in [0.5, 0.6) is 0 Å². The minimum Gasteiger partial charge on any atom is -0.383 e. The lowest BCUT2D eigenvalue weighted by Crippen LogP contribution is -2.22. The molecule has 2 N–H and O–H groups in total. The molecule has 0 unspecified atom stereocenters. The summed E-state index contributed by atoms with van der Waals surface area (Å²) >= 11 is 1.68. The third-order valence-corrected chi connectivity index (χ3v) is 4.49. The molecule has 0 amide bonds. The number of nitrogens with zero attached hydrogens (tertiary/aromatic N) is 3. The third-order valence-electron chi connectivity index (χ3n) is 3.81. The molecule has 0 aliphatic heterocycles. The maximum atomic E-state index is 5.10. The quantitative estimate of drug-likeness (QED) is 0.657. The summed E-state index contributed by atoms with van der Waals surface area (Å²) < 4.78 is 5.10. The molecule has 0 bridgehead atoms. The second-order valence-corrected chi connectivity index (χ2v) is 6.23. The lowest BCUT2D eigenvalue weighted by atomic mass is 10.1. The van der Waals surface area contributed by atoms with Crippen LogP contribution >= 0.6 is 11.3 Å². The Labute approximate surface area is 145 Å². The summed E-state index contributed by atoms with van der Waals surface area (Å²) in [6.45, 7) is 2.21. The molecule has 0 saturated heterocycles. The molecule has 0 aromatic carbocycles. The molecule has 3 heterocycles. The van der Waals surface area contributed by atoms with Crippen molar-refractivity contribution in [2.45, 2.75) is 6.54 Å². The highest BCUT2D eigenvalue weighted by molar-refractivity contribution is 7.08. The van der Waals surface area contributed by atoms with Gasteiger partial charge >= 0.3 is 0 Å². The van der Waals surface area contributed by atoms with E-state index < -0.39 is 0 Å². The van der Waals surface area contributed by atoms with Crippen molar-refractivity contribution in [3.05, 3.63) is 46.9 Å². The SMILES string of the molecule is COCCN(C)c1ccc(NCc2cn[nH]c2-c2ccsc2)nc1. The zero-order valence-corrected chi connectivity index (χ0v) is 14.6. The van der Waals surface area contributed by atoms with Crippen LogP contribution in [0.15, 0.2) is 41.4 Å². The molecule has 7 heteroatoms. The predicted octanol–water partition coefficient (Wildman–Crippen LogP) is 3.23. The first-order valence-electron chi connectivity index (χ1n) is 7.72. The fraction of sp³-hybridized carbons (Fsp3) is 0.294. The van der Waals surface area contributed by atoms with Gasteiger partial charge in [0, 0.05) is 43.8 Å². The molecule has 3 aromatic heterocycles. The van der Waals surface area contributed by atoms with Crippen LogP contribution in [-0.4, -0.2) is 42.5 Å². The summed E-state index contributed by atoms with van der Waals surface area (Å²) in [5.74, 6) is 0.844. The van der Waals surface area contributed by atoms with Crippen LogP contribution in [0.2, 0.25) is 0 Å². The minimum atomic E-state index is 0.674. The summed E-state index contributed by atoms with van der Waals surface area (Å²) in [4.78, 5) is 6.59. The summed E-state index contributed by atoms with van der Waals surface area (Å²) in [7, 11) is 3.74. The number of rotatable bonds is 8. The molecule has 0 spiro atoms. The van der Waals surface area contributed by atoms with Gasteiger partial charge in [-0.25, -0.2) is 4.98 Å². The molecule has 0 fully saturated rings. The molecule has 0 radical (unpaired) electrons. The van der Waals surface area contributed by atoms with Gasteiger partial charge < -0.3 is 15.0 Å². The van der Waals surface area contributed by atoms with Gasteiger partial charge in [-0.05, 0) is 23.6 Å². The van der Waals surface area contributed by atoms with E-state index in [1.807, 2.05) is 25.5 Å². The van der Waals surface area contributed by atoms with E-state index in [-0.39, 0.29) is 0 Å². The van der Waals surface area contributed by atoms with E-state index in [2.05, 4.69) is 48.3 Å². The van der Waals surface area contributed by atoms with Crippen molar-refractivity contribution < 1.29 is 4.74 Å². The monoisotopic (exact) mass is 343 g/mol. The van der Waals surface area contributed by atoms with Gasteiger partial charge in [0.1, 0.15) is 5.82 Å². The molecule has 0 atom stereocenters. The number of nitrogens with one attached hydrogen (secondary N) is 2. The number of ether oxygens (including phenoxy) is 1. The van der Waals surface area contributed by atoms with Gasteiger partial charge in [-0.15, -0.1) is 0 Å². The van der Waals surface area contributed by atoms with E-state index >= 15 is 0 Å². The minimum absolute atomic E-state index is 0.674. The van der Waals surface area contributed by atoms with Crippen molar-refractivity contribution >= 4 is 22.8 Å². The van der Waals surface area contributed by atoms with Crippen LogP contribution in [0.25, 0.3) is 11.3 Å². The van der Waals surface area contributed by atoms with Crippen LogP contribution < -0.4 is 10.2 Å². The van der Waals surface area contributed by atoms with E-state index in [0.29, 0.717) is 13.2 Å². The molecule has 6 nitrogen and oxygen atoms in total. The fourth-order valence-corrected chi connectivity index (χ4v) is 3.01. The van der Waals surface area contributed by atoms with Gasteiger partial charge in [-0.3, -0.25) is 5.10 Å². The Morgan fingerprint density at radius 3 is 2.92 bits per heavy atom. The molecule has 24 heavy (non-hydrogen) atoms. The van der Waals surface area contributed by atoms with E-state index in [9.17, 15) is 0 Å². The summed E-state index contributed by atoms with van der Waals surface area (Å²) in [5, 5.41) is 14.7. The second kappa shape index (κ2) is 7.94. The summed E-state index contributed by atoms with van der Waals surface area (Å²) in [6, 6.07) is 6.13. The number of aromatic nitrogens is 3. The second-order valence-electron chi connectivity index (χ2n) is 5.45. The average Bonchev–Trinajstić information content (AvgIpc) is 3.29. The van der Waals surface area contributed by atoms with E-state index in [4.69, 9.17) is 4.74 Å². The maximum absolute atomic E-state index is 5.10. The average molecular weight is 343 g/mol. The van der Waals surface area contributed by atoms with Gasteiger partial charge in [-0.2, -0.15) is 16.4 Å². The topological polar surface area (TPSA) is 66.1 Å². The van der Waals surface area contributed by atoms with Crippen molar-refractivity contribution in [3.8, 4) is 11.3 Å². The van der Waals surface area contributed by atoms with Gasteiger partial charge in [0.2, 0.25) is 0 Å². The zero-order chi connectivity index (χ0) is 16.8. The van der Waals surface area contributed by atoms with Crippen LogP contribution in [0.1, 0.15) is 5.56 Å². The molecule has 3 aromatic rings. The molecule has 0 saturated carbocycles. The molecule has 0 aliphatic carbocycles. The van der Waals surface area contributed by atoms with Gasteiger partial charge in [-0.1, -0.05) is 0 Å². The van der Waals surface area contributed by atoms with Crippen molar-refractivity contribution in [1.29, 1.82) is 0 Å². The highest BCUT2D eigenvalue weighted by atomic mass is 32.1. The highest BCUT2D eigenvalue weighted by Crippen LogP contribution is 2.24. The number of aromatic amines is 1. The van der Waals surface area contributed by atoms with Crippen LogP contribution in [0, 0.1) is 0 Å². The lowest BCUT2D eigenvalue weighted by Gasteiger charge is -2.18. The largest absolute Gasteiger partial charge is 0.383 e. The van der Waals surface area contributed by atoms with Crippen molar-refractivity contribution in [1.82, 2.24) is 15.2 Å². The summed E-state index contributed by atoms with van der Waals surface area (Å²) in [5.41, 5.74) is 4.41. The maximum Gasteiger partial charge on any atom is 0.126 e. The molecule has 126 valence electrons.